The number of fused-ring (bicyclic) bond motifs is 3. The zero-order valence-corrected chi connectivity index (χ0v) is 19.2. The van der Waals surface area contributed by atoms with E-state index in [2.05, 4.69) is 28.4 Å². The van der Waals surface area contributed by atoms with Crippen LogP contribution in [0.25, 0.3) is 10.8 Å². The average molecular weight is 459 g/mol. The molecule has 34 heavy (non-hydrogen) atoms. The maximum absolute atomic E-state index is 13.3. The third-order valence-corrected chi connectivity index (χ3v) is 7.82. The summed E-state index contributed by atoms with van der Waals surface area (Å²) in [5, 5.41) is 16.8. The lowest BCUT2D eigenvalue weighted by atomic mass is 9.66. The Morgan fingerprint density at radius 3 is 2.82 bits per heavy atom. The highest BCUT2D eigenvalue weighted by molar-refractivity contribution is 6.02. The lowest BCUT2D eigenvalue weighted by Crippen LogP contribution is -2.56. The maximum atomic E-state index is 13.3. The van der Waals surface area contributed by atoms with Crippen LogP contribution in [-0.2, 0) is 4.79 Å². The highest BCUT2D eigenvalue weighted by atomic mass is 16.7. The third kappa shape index (κ3) is 3.81. The average Bonchev–Trinajstić information content (AvgIpc) is 3.32. The molecule has 0 radical (unpaired) electrons. The fourth-order valence-electron chi connectivity index (χ4n) is 6.17. The minimum atomic E-state index is -0.679. The molecule has 0 spiro atoms. The van der Waals surface area contributed by atoms with Crippen molar-refractivity contribution >= 4 is 22.4 Å². The van der Waals surface area contributed by atoms with Gasteiger partial charge in [0.1, 0.15) is 0 Å². The normalized spacial score (nSPS) is 26.3. The molecule has 2 aliphatic heterocycles. The zero-order chi connectivity index (χ0) is 23.1. The summed E-state index contributed by atoms with van der Waals surface area (Å²) in [5.74, 6) is 1.53. The van der Waals surface area contributed by atoms with Crippen molar-refractivity contribution in [3.8, 4) is 11.5 Å². The molecule has 6 heteroatoms. The minimum absolute atomic E-state index is 0.0386. The van der Waals surface area contributed by atoms with Gasteiger partial charge in [-0.05, 0) is 48.4 Å². The van der Waals surface area contributed by atoms with Crippen LogP contribution in [0.1, 0.15) is 43.7 Å². The molecule has 3 aromatic carbocycles. The van der Waals surface area contributed by atoms with Gasteiger partial charge in [0, 0.05) is 29.6 Å². The van der Waals surface area contributed by atoms with Gasteiger partial charge in [-0.25, -0.2) is 0 Å². The number of benzene rings is 3. The molecule has 1 saturated carbocycles. The summed E-state index contributed by atoms with van der Waals surface area (Å²) in [7, 11) is 0. The number of amides is 1. The lowest BCUT2D eigenvalue weighted by Gasteiger charge is -2.52. The predicted molar refractivity (Wildman–Crippen MR) is 131 cm³/mol. The van der Waals surface area contributed by atoms with Crippen molar-refractivity contribution in [2.45, 2.75) is 43.7 Å². The quantitative estimate of drug-likeness (QED) is 0.583. The molecule has 6 nitrogen and oxygen atoms in total. The maximum Gasteiger partial charge on any atom is 0.238 e. The Kier molecular flexibility index (Phi) is 5.42. The second kappa shape index (κ2) is 8.60. The Labute approximate surface area is 199 Å². The van der Waals surface area contributed by atoms with Crippen LogP contribution in [0.15, 0.2) is 60.7 Å². The van der Waals surface area contributed by atoms with Crippen LogP contribution in [0.3, 0.4) is 0 Å². The Morgan fingerprint density at radius 1 is 1.03 bits per heavy atom. The Morgan fingerprint density at radius 2 is 1.88 bits per heavy atom. The van der Waals surface area contributed by atoms with Crippen LogP contribution in [0, 0.1) is 5.92 Å². The number of carbonyl (C=O) groups excluding carboxylic acids is 1. The van der Waals surface area contributed by atoms with Gasteiger partial charge in [0.2, 0.25) is 12.7 Å². The zero-order valence-electron chi connectivity index (χ0n) is 19.2. The number of anilines is 1. The number of aliphatic hydroxyl groups is 1. The van der Waals surface area contributed by atoms with Gasteiger partial charge in [-0.15, -0.1) is 0 Å². The predicted octanol–water partition coefficient (Wildman–Crippen LogP) is 4.88. The third-order valence-electron chi connectivity index (χ3n) is 7.82. The van der Waals surface area contributed by atoms with Gasteiger partial charge in [-0.3, -0.25) is 9.69 Å². The molecule has 3 atom stereocenters. The van der Waals surface area contributed by atoms with Crippen molar-refractivity contribution in [1.29, 1.82) is 0 Å². The van der Waals surface area contributed by atoms with Crippen LogP contribution in [0.4, 0.5) is 5.69 Å². The van der Waals surface area contributed by atoms with E-state index in [1.165, 1.54) is 0 Å². The second-order valence-electron chi connectivity index (χ2n) is 9.81. The van der Waals surface area contributed by atoms with Crippen LogP contribution in [-0.4, -0.2) is 41.4 Å². The molecule has 2 fully saturated rings. The van der Waals surface area contributed by atoms with E-state index in [0.29, 0.717) is 13.0 Å². The minimum Gasteiger partial charge on any atom is -0.454 e. The van der Waals surface area contributed by atoms with E-state index in [1.807, 2.05) is 42.5 Å². The van der Waals surface area contributed by atoms with Gasteiger partial charge in [-0.2, -0.15) is 0 Å². The summed E-state index contributed by atoms with van der Waals surface area (Å²) in [5.41, 5.74) is 1.23. The van der Waals surface area contributed by atoms with E-state index in [0.717, 1.165) is 59.2 Å². The first-order chi connectivity index (χ1) is 16.6. The summed E-state index contributed by atoms with van der Waals surface area (Å²) in [4.78, 5) is 15.5. The number of nitrogens with one attached hydrogen (secondary N) is 1. The molecule has 3 aliphatic rings. The molecule has 0 aromatic heterocycles. The SMILES string of the molecule is O=C(CN1CC[C@@]2(O)CCCC[C@@H]2[C@@H]1c1ccc2c(c1)OCO2)Nc1cccc2ccccc12. The van der Waals surface area contributed by atoms with Crippen LogP contribution in [0.5, 0.6) is 11.5 Å². The summed E-state index contributed by atoms with van der Waals surface area (Å²) in [6.45, 7) is 1.18. The largest absolute Gasteiger partial charge is 0.454 e. The number of hydrogen-bond donors (Lipinski definition) is 2. The van der Waals surface area contributed by atoms with E-state index in [4.69, 9.17) is 9.47 Å². The van der Waals surface area contributed by atoms with Crippen molar-refractivity contribution in [3.05, 3.63) is 66.2 Å². The topological polar surface area (TPSA) is 71.0 Å². The van der Waals surface area contributed by atoms with Gasteiger partial charge < -0.3 is 19.9 Å². The van der Waals surface area contributed by atoms with Crippen LogP contribution >= 0.6 is 0 Å². The Hall–Kier alpha value is -3.09. The molecule has 2 N–H and O–H groups in total. The van der Waals surface area contributed by atoms with E-state index < -0.39 is 5.60 Å². The van der Waals surface area contributed by atoms with Crippen LogP contribution < -0.4 is 14.8 Å². The molecular weight excluding hydrogens is 428 g/mol. The Balaban J connectivity index is 1.29. The summed E-state index contributed by atoms with van der Waals surface area (Å²) < 4.78 is 11.2. The fraction of sp³-hybridized carbons (Fsp3) is 0.393. The van der Waals surface area contributed by atoms with Gasteiger partial charge >= 0.3 is 0 Å². The number of likely N-dealkylation sites (tertiary alicyclic amines) is 1. The number of hydrogen-bond acceptors (Lipinski definition) is 5. The molecule has 0 unspecified atom stereocenters. The standard InChI is InChI=1S/C28H30N2O4/c31-26(29-23-10-5-7-19-6-1-2-8-21(19)23)17-30-15-14-28(32)13-4-3-9-22(28)27(30)20-11-12-24-25(16-20)34-18-33-24/h1-2,5-8,10-12,16,22,27,32H,3-4,9,13-15,17-18H2,(H,29,31)/t22-,27+,28+/m1/s1. The molecule has 6 rings (SSSR count). The first kappa shape index (κ1) is 21.4. The van der Waals surface area contributed by atoms with Crippen molar-refractivity contribution in [1.82, 2.24) is 4.90 Å². The van der Waals surface area contributed by atoms with Crippen molar-refractivity contribution < 1.29 is 19.4 Å². The van der Waals surface area contributed by atoms with Crippen molar-refractivity contribution in [2.24, 2.45) is 5.92 Å². The molecule has 1 saturated heterocycles. The van der Waals surface area contributed by atoms with E-state index in [9.17, 15) is 9.90 Å². The van der Waals surface area contributed by atoms with Gasteiger partial charge in [-0.1, -0.05) is 55.3 Å². The molecule has 0 bridgehead atoms. The number of rotatable bonds is 4. The van der Waals surface area contributed by atoms with Gasteiger partial charge in [0.05, 0.1) is 12.1 Å². The second-order valence-corrected chi connectivity index (χ2v) is 9.81. The first-order valence-corrected chi connectivity index (χ1v) is 12.2. The van der Waals surface area contributed by atoms with E-state index in [1.54, 1.807) is 0 Å². The first-order valence-electron chi connectivity index (χ1n) is 12.2. The Bertz CT molecular complexity index is 1220. The summed E-state index contributed by atoms with van der Waals surface area (Å²) in [6.07, 6.45) is 4.64. The highest BCUT2D eigenvalue weighted by Gasteiger charge is 2.49. The summed E-state index contributed by atoms with van der Waals surface area (Å²) >= 11 is 0. The number of nitrogens with zero attached hydrogens (tertiary/aromatic N) is 1. The molecule has 1 amide bonds. The monoisotopic (exact) mass is 458 g/mol. The molecular formula is C28H30N2O4. The van der Waals surface area contributed by atoms with Gasteiger partial charge in [0.15, 0.2) is 11.5 Å². The van der Waals surface area contributed by atoms with E-state index >= 15 is 0 Å². The fourth-order valence-corrected chi connectivity index (χ4v) is 6.17. The van der Waals surface area contributed by atoms with Crippen molar-refractivity contribution in [2.75, 3.05) is 25.2 Å². The molecule has 3 aromatic rings. The molecule has 2 heterocycles. The summed E-state index contributed by atoms with van der Waals surface area (Å²) in [6, 6.07) is 20.0. The molecule has 176 valence electrons. The number of ether oxygens (including phenoxy) is 2. The van der Waals surface area contributed by atoms with E-state index in [-0.39, 0.29) is 31.2 Å². The molecule has 1 aliphatic carbocycles. The van der Waals surface area contributed by atoms with Crippen LogP contribution in [0.2, 0.25) is 0 Å². The smallest absolute Gasteiger partial charge is 0.238 e. The number of piperidine rings is 1. The van der Waals surface area contributed by atoms with Gasteiger partial charge in [0.25, 0.3) is 0 Å². The lowest BCUT2D eigenvalue weighted by molar-refractivity contribution is -0.135. The number of carbonyl (C=O) groups is 1. The highest BCUT2D eigenvalue weighted by Crippen LogP contribution is 2.50. The van der Waals surface area contributed by atoms with Crippen molar-refractivity contribution in [3.63, 3.8) is 0 Å².